The second kappa shape index (κ2) is 7.06. The molecule has 0 spiro atoms. The van der Waals surface area contributed by atoms with Crippen molar-refractivity contribution in [2.45, 2.75) is 0 Å². The highest BCUT2D eigenvalue weighted by Crippen LogP contribution is 2.25. The van der Waals surface area contributed by atoms with Gasteiger partial charge in [-0.05, 0) is 42.5 Å². The van der Waals surface area contributed by atoms with Crippen molar-refractivity contribution in [3.8, 4) is 5.69 Å². The Kier molecular flexibility index (Phi) is 4.56. The van der Waals surface area contributed by atoms with Gasteiger partial charge in [-0.2, -0.15) is 0 Å². The largest absolute Gasteiger partial charge is 0.332 e. The summed E-state index contributed by atoms with van der Waals surface area (Å²) in [5.74, 6) is -0.476. The van der Waals surface area contributed by atoms with Gasteiger partial charge in [-0.15, -0.1) is 0 Å². The summed E-state index contributed by atoms with van der Waals surface area (Å²) in [5.41, 5.74) is 0.477. The number of nitrogens with zero attached hydrogens (tertiary/aromatic N) is 4. The van der Waals surface area contributed by atoms with Crippen LogP contribution in [0.4, 0.5) is 5.69 Å². The Morgan fingerprint density at radius 1 is 1.03 bits per heavy atom. The van der Waals surface area contributed by atoms with Gasteiger partial charge in [0.05, 0.1) is 16.8 Å². The quantitative estimate of drug-likeness (QED) is 0.562. The van der Waals surface area contributed by atoms with Crippen LogP contribution in [0.25, 0.3) is 16.7 Å². The summed E-state index contributed by atoms with van der Waals surface area (Å²) < 4.78 is 4.06. The van der Waals surface area contributed by atoms with E-state index in [1.807, 2.05) is 29.1 Å². The molecule has 9 heteroatoms. The minimum atomic E-state index is -0.514. The third kappa shape index (κ3) is 3.23. The molecule has 4 rings (SSSR count). The van der Waals surface area contributed by atoms with Crippen LogP contribution in [-0.2, 0) is 14.1 Å². The number of pyridine rings is 1. The highest BCUT2D eigenvalue weighted by atomic mass is 35.5. The van der Waals surface area contributed by atoms with Crippen molar-refractivity contribution in [1.29, 1.82) is 0 Å². The van der Waals surface area contributed by atoms with Crippen molar-refractivity contribution < 1.29 is 4.79 Å². The molecule has 0 radical (unpaired) electrons. The van der Waals surface area contributed by atoms with E-state index in [1.165, 1.54) is 30.8 Å². The Hall–Kier alpha value is -3.65. The van der Waals surface area contributed by atoms with E-state index in [0.29, 0.717) is 16.4 Å². The predicted molar refractivity (Wildman–Crippen MR) is 111 cm³/mol. The third-order valence-electron chi connectivity index (χ3n) is 4.62. The molecular formula is C20H16ClN5O3. The normalized spacial score (nSPS) is 11.0. The molecule has 3 heterocycles. The fourth-order valence-electron chi connectivity index (χ4n) is 3.09. The first kappa shape index (κ1) is 18.7. The summed E-state index contributed by atoms with van der Waals surface area (Å²) in [6.07, 6.45) is 3.67. The van der Waals surface area contributed by atoms with E-state index in [1.54, 1.807) is 18.2 Å². The molecule has 4 aromatic rings. The Labute approximate surface area is 169 Å². The van der Waals surface area contributed by atoms with Crippen molar-refractivity contribution in [2.75, 3.05) is 5.32 Å². The number of halogens is 1. The zero-order valence-corrected chi connectivity index (χ0v) is 16.3. The summed E-state index contributed by atoms with van der Waals surface area (Å²) in [6.45, 7) is 0. The molecule has 0 unspecified atom stereocenters. The van der Waals surface area contributed by atoms with E-state index in [2.05, 4.69) is 10.3 Å². The smallest absolute Gasteiger partial charge is 0.322 e. The van der Waals surface area contributed by atoms with E-state index in [9.17, 15) is 14.4 Å². The molecule has 1 N–H and O–H groups in total. The average molecular weight is 410 g/mol. The van der Waals surface area contributed by atoms with Crippen molar-refractivity contribution in [3.05, 3.63) is 86.4 Å². The highest BCUT2D eigenvalue weighted by Gasteiger charge is 2.15. The maximum atomic E-state index is 12.8. The fraction of sp³-hybridized carbons (Fsp3) is 0.100. The molecule has 1 amide bonds. The van der Waals surface area contributed by atoms with Crippen LogP contribution >= 0.6 is 11.6 Å². The molecule has 0 saturated heterocycles. The lowest BCUT2D eigenvalue weighted by atomic mass is 10.2. The van der Waals surface area contributed by atoms with Gasteiger partial charge in [-0.1, -0.05) is 11.6 Å². The Morgan fingerprint density at radius 3 is 2.48 bits per heavy atom. The van der Waals surface area contributed by atoms with Crippen molar-refractivity contribution in [1.82, 2.24) is 18.7 Å². The number of aryl methyl sites for hydroxylation is 1. The Morgan fingerprint density at radius 2 is 1.76 bits per heavy atom. The number of anilines is 1. The molecule has 3 aromatic heterocycles. The number of hydrogen-bond donors (Lipinski definition) is 1. The lowest BCUT2D eigenvalue weighted by Gasteiger charge is -2.13. The molecule has 0 aliphatic rings. The number of carbonyl (C=O) groups excluding carboxylic acids is 1. The van der Waals surface area contributed by atoms with Gasteiger partial charge in [0, 0.05) is 31.5 Å². The molecule has 1 aromatic carbocycles. The maximum absolute atomic E-state index is 12.8. The van der Waals surface area contributed by atoms with Gasteiger partial charge in [0.15, 0.2) is 0 Å². The summed E-state index contributed by atoms with van der Waals surface area (Å²) in [4.78, 5) is 41.5. The van der Waals surface area contributed by atoms with Gasteiger partial charge in [0.25, 0.3) is 11.5 Å². The van der Waals surface area contributed by atoms with Gasteiger partial charge in [0.2, 0.25) is 0 Å². The summed E-state index contributed by atoms with van der Waals surface area (Å²) >= 11 is 6.11. The molecule has 29 heavy (non-hydrogen) atoms. The number of fused-ring (bicyclic) bond motifs is 1. The van der Waals surface area contributed by atoms with Crippen molar-refractivity contribution >= 4 is 34.2 Å². The first-order valence-electron chi connectivity index (χ1n) is 8.68. The second-order valence-corrected chi connectivity index (χ2v) is 6.92. The van der Waals surface area contributed by atoms with Gasteiger partial charge in [0.1, 0.15) is 11.3 Å². The highest BCUT2D eigenvalue weighted by molar-refractivity contribution is 6.31. The van der Waals surface area contributed by atoms with Crippen LogP contribution in [0.15, 0.2) is 64.4 Å². The number of carbonyl (C=O) groups is 1. The van der Waals surface area contributed by atoms with Crippen LogP contribution in [0, 0.1) is 0 Å². The predicted octanol–water partition coefficient (Wildman–Crippen LogP) is 2.33. The minimum absolute atomic E-state index is 0.0779. The molecule has 0 aliphatic carbocycles. The van der Waals surface area contributed by atoms with Crippen LogP contribution in [0.3, 0.4) is 0 Å². The van der Waals surface area contributed by atoms with Gasteiger partial charge >= 0.3 is 5.69 Å². The molecule has 146 valence electrons. The lowest BCUT2D eigenvalue weighted by Crippen LogP contribution is -2.37. The van der Waals surface area contributed by atoms with E-state index in [0.717, 1.165) is 4.57 Å². The average Bonchev–Trinajstić information content (AvgIpc) is 3.26. The zero-order valence-electron chi connectivity index (χ0n) is 15.6. The molecular weight excluding hydrogens is 394 g/mol. The monoisotopic (exact) mass is 409 g/mol. The maximum Gasteiger partial charge on any atom is 0.332 e. The van der Waals surface area contributed by atoms with Crippen molar-refractivity contribution in [2.24, 2.45) is 14.1 Å². The number of rotatable bonds is 3. The molecule has 0 saturated carbocycles. The van der Waals surface area contributed by atoms with Crippen LogP contribution < -0.4 is 16.6 Å². The zero-order chi connectivity index (χ0) is 20.7. The van der Waals surface area contributed by atoms with E-state index in [-0.39, 0.29) is 16.7 Å². The van der Waals surface area contributed by atoms with Crippen LogP contribution in [0.2, 0.25) is 5.02 Å². The summed E-state index contributed by atoms with van der Waals surface area (Å²) in [7, 11) is 2.90. The molecule has 0 atom stereocenters. The van der Waals surface area contributed by atoms with E-state index in [4.69, 9.17) is 11.6 Å². The van der Waals surface area contributed by atoms with E-state index >= 15 is 0 Å². The van der Waals surface area contributed by atoms with Gasteiger partial charge < -0.3 is 9.88 Å². The number of hydrogen-bond acceptors (Lipinski definition) is 4. The van der Waals surface area contributed by atoms with E-state index < -0.39 is 17.2 Å². The summed E-state index contributed by atoms with van der Waals surface area (Å²) in [5, 5.41) is 3.60. The van der Waals surface area contributed by atoms with Crippen LogP contribution in [-0.4, -0.2) is 24.6 Å². The topological polar surface area (TPSA) is 90.9 Å². The number of nitrogens with one attached hydrogen (secondary N) is 1. The molecule has 0 fully saturated rings. The second-order valence-electron chi connectivity index (χ2n) is 6.48. The number of amides is 1. The molecule has 8 nitrogen and oxygen atoms in total. The third-order valence-corrected chi connectivity index (χ3v) is 4.86. The summed E-state index contributed by atoms with van der Waals surface area (Å²) in [6, 6.07) is 11.8. The fourth-order valence-corrected chi connectivity index (χ4v) is 3.25. The Bertz CT molecular complexity index is 1370. The SMILES string of the molecule is Cn1c(=O)c2ccc(C(=O)Nc3ccc(Cl)cc3-n3cccc3)nc2n(C)c1=O. The van der Waals surface area contributed by atoms with Gasteiger partial charge in [-0.3, -0.25) is 18.7 Å². The minimum Gasteiger partial charge on any atom is -0.322 e. The van der Waals surface area contributed by atoms with Crippen molar-refractivity contribution in [3.63, 3.8) is 0 Å². The lowest BCUT2D eigenvalue weighted by molar-refractivity contribution is 0.102. The Balaban J connectivity index is 1.76. The van der Waals surface area contributed by atoms with Crippen LogP contribution in [0.1, 0.15) is 10.5 Å². The van der Waals surface area contributed by atoms with Gasteiger partial charge in [-0.25, -0.2) is 9.78 Å². The molecule has 0 bridgehead atoms. The van der Waals surface area contributed by atoms with Crippen LogP contribution in [0.5, 0.6) is 0 Å². The first-order chi connectivity index (χ1) is 13.9. The number of benzene rings is 1. The number of aromatic nitrogens is 4. The first-order valence-corrected chi connectivity index (χ1v) is 9.05. The standard InChI is InChI=1S/C20H16ClN5O3/c1-24-17-13(19(28)25(2)20(24)29)6-8-15(22-17)18(27)23-14-7-5-12(21)11-16(14)26-9-3-4-10-26/h3-11H,1-2H3,(H,23,27). The molecule has 0 aliphatic heterocycles.